The standard InChI is InChI=1S/C10H17N3O2/c1-10(2,4-5-14)12-9(15)8-6-11-7-13(8)3/h6-7,14H,4-5H2,1-3H3,(H,12,15). The van der Waals surface area contributed by atoms with E-state index in [0.717, 1.165) is 0 Å². The molecule has 0 radical (unpaired) electrons. The maximum Gasteiger partial charge on any atom is 0.269 e. The molecule has 1 amide bonds. The smallest absolute Gasteiger partial charge is 0.269 e. The number of aryl methyl sites for hydroxylation is 1. The Balaban J connectivity index is 2.68. The molecular formula is C10H17N3O2. The third-order valence-electron chi connectivity index (χ3n) is 2.24. The number of carbonyl (C=O) groups excluding carboxylic acids is 1. The van der Waals surface area contributed by atoms with Crippen molar-refractivity contribution in [3.63, 3.8) is 0 Å². The summed E-state index contributed by atoms with van der Waals surface area (Å²) in [5, 5.41) is 11.7. The van der Waals surface area contributed by atoms with Gasteiger partial charge in [0.15, 0.2) is 0 Å². The third kappa shape index (κ3) is 3.06. The van der Waals surface area contributed by atoms with Crippen LogP contribution in [0.1, 0.15) is 30.8 Å². The van der Waals surface area contributed by atoms with E-state index in [2.05, 4.69) is 10.3 Å². The number of hydrogen-bond acceptors (Lipinski definition) is 3. The van der Waals surface area contributed by atoms with E-state index < -0.39 is 5.54 Å². The third-order valence-corrected chi connectivity index (χ3v) is 2.24. The number of hydrogen-bond donors (Lipinski definition) is 2. The van der Waals surface area contributed by atoms with Crippen molar-refractivity contribution in [3.05, 3.63) is 18.2 Å². The second-order valence-electron chi connectivity index (χ2n) is 4.20. The molecule has 1 aromatic heterocycles. The first kappa shape index (κ1) is 11.7. The highest BCUT2D eigenvalue weighted by atomic mass is 16.3. The summed E-state index contributed by atoms with van der Waals surface area (Å²) < 4.78 is 1.66. The molecule has 15 heavy (non-hydrogen) atoms. The first-order valence-electron chi connectivity index (χ1n) is 4.86. The Bertz CT molecular complexity index is 344. The molecule has 0 saturated carbocycles. The van der Waals surface area contributed by atoms with Crippen LogP contribution in [0.2, 0.25) is 0 Å². The molecule has 0 bridgehead atoms. The number of carbonyl (C=O) groups is 1. The van der Waals surface area contributed by atoms with Crippen molar-refractivity contribution in [2.24, 2.45) is 7.05 Å². The lowest BCUT2D eigenvalue weighted by atomic mass is 10.0. The summed E-state index contributed by atoms with van der Waals surface area (Å²) in [5.74, 6) is -0.173. The number of rotatable bonds is 4. The van der Waals surface area contributed by atoms with Gasteiger partial charge in [0.1, 0.15) is 5.69 Å². The van der Waals surface area contributed by atoms with Crippen LogP contribution in [0.3, 0.4) is 0 Å². The predicted octanol–water partition coefficient (Wildman–Crippen LogP) is 0.311. The summed E-state index contributed by atoms with van der Waals surface area (Å²) in [7, 11) is 1.76. The Morgan fingerprint density at radius 3 is 2.80 bits per heavy atom. The van der Waals surface area contributed by atoms with Gasteiger partial charge in [-0.2, -0.15) is 0 Å². The van der Waals surface area contributed by atoms with Gasteiger partial charge in [0.2, 0.25) is 0 Å². The summed E-state index contributed by atoms with van der Waals surface area (Å²) in [5.41, 5.74) is 0.108. The Morgan fingerprint density at radius 2 is 2.33 bits per heavy atom. The number of aromatic nitrogens is 2. The van der Waals surface area contributed by atoms with Gasteiger partial charge in [-0.1, -0.05) is 0 Å². The van der Waals surface area contributed by atoms with E-state index in [1.165, 1.54) is 6.20 Å². The van der Waals surface area contributed by atoms with E-state index >= 15 is 0 Å². The summed E-state index contributed by atoms with van der Waals surface area (Å²) in [6.45, 7) is 3.80. The van der Waals surface area contributed by atoms with Gasteiger partial charge >= 0.3 is 0 Å². The van der Waals surface area contributed by atoms with Crippen molar-refractivity contribution in [1.29, 1.82) is 0 Å². The topological polar surface area (TPSA) is 67.2 Å². The Hall–Kier alpha value is -1.36. The number of imidazole rings is 1. The van der Waals surface area contributed by atoms with Crippen LogP contribution in [0.5, 0.6) is 0 Å². The number of aliphatic hydroxyl groups excluding tert-OH is 1. The van der Waals surface area contributed by atoms with Gasteiger partial charge in [-0.15, -0.1) is 0 Å². The molecule has 0 fully saturated rings. The normalized spacial score (nSPS) is 11.5. The Morgan fingerprint density at radius 1 is 1.67 bits per heavy atom. The molecule has 1 heterocycles. The van der Waals surface area contributed by atoms with E-state index in [9.17, 15) is 4.79 Å². The number of aliphatic hydroxyl groups is 1. The molecule has 0 aliphatic carbocycles. The fourth-order valence-corrected chi connectivity index (χ4v) is 1.29. The van der Waals surface area contributed by atoms with Crippen LogP contribution in [0.15, 0.2) is 12.5 Å². The fraction of sp³-hybridized carbons (Fsp3) is 0.600. The number of amides is 1. The quantitative estimate of drug-likeness (QED) is 0.753. The minimum Gasteiger partial charge on any atom is -0.396 e. The van der Waals surface area contributed by atoms with Crippen LogP contribution in [-0.2, 0) is 7.05 Å². The van der Waals surface area contributed by atoms with Gasteiger partial charge in [0.25, 0.3) is 5.91 Å². The van der Waals surface area contributed by atoms with Crippen LogP contribution < -0.4 is 5.32 Å². The van der Waals surface area contributed by atoms with Crippen LogP contribution in [0.4, 0.5) is 0 Å². The highest BCUT2D eigenvalue weighted by Gasteiger charge is 2.21. The zero-order valence-electron chi connectivity index (χ0n) is 9.32. The molecule has 2 N–H and O–H groups in total. The predicted molar refractivity (Wildman–Crippen MR) is 56.5 cm³/mol. The summed E-state index contributed by atoms with van der Waals surface area (Å²) in [6.07, 6.45) is 3.62. The highest BCUT2D eigenvalue weighted by Crippen LogP contribution is 2.08. The van der Waals surface area contributed by atoms with Crippen molar-refractivity contribution in [3.8, 4) is 0 Å². The largest absolute Gasteiger partial charge is 0.396 e. The monoisotopic (exact) mass is 211 g/mol. The molecule has 0 aliphatic rings. The summed E-state index contributed by atoms with van der Waals surface area (Å²) in [4.78, 5) is 15.6. The SMILES string of the molecule is Cn1cncc1C(=O)NC(C)(C)CCO. The zero-order valence-corrected chi connectivity index (χ0v) is 9.32. The van der Waals surface area contributed by atoms with Gasteiger partial charge in [0.05, 0.1) is 12.5 Å². The van der Waals surface area contributed by atoms with E-state index in [4.69, 9.17) is 5.11 Å². The minimum atomic E-state index is -0.407. The van der Waals surface area contributed by atoms with Crippen LogP contribution in [0.25, 0.3) is 0 Å². The average molecular weight is 211 g/mol. The molecule has 84 valence electrons. The highest BCUT2D eigenvalue weighted by molar-refractivity contribution is 5.92. The van der Waals surface area contributed by atoms with E-state index in [1.54, 1.807) is 17.9 Å². The van der Waals surface area contributed by atoms with Gasteiger partial charge in [-0.3, -0.25) is 4.79 Å². The van der Waals surface area contributed by atoms with E-state index in [1.807, 2.05) is 13.8 Å². The fourth-order valence-electron chi connectivity index (χ4n) is 1.29. The van der Waals surface area contributed by atoms with Crippen LogP contribution in [-0.4, -0.2) is 32.7 Å². The molecular weight excluding hydrogens is 194 g/mol. The molecule has 1 rings (SSSR count). The first-order chi connectivity index (χ1) is 6.96. The van der Waals surface area contributed by atoms with Crippen molar-refractivity contribution in [2.45, 2.75) is 25.8 Å². The van der Waals surface area contributed by atoms with Gasteiger partial charge in [-0.05, 0) is 20.3 Å². The molecule has 0 aromatic carbocycles. The molecule has 0 unspecified atom stereocenters. The summed E-state index contributed by atoms with van der Waals surface area (Å²) in [6, 6.07) is 0. The van der Waals surface area contributed by atoms with Crippen molar-refractivity contribution < 1.29 is 9.90 Å². The first-order valence-corrected chi connectivity index (χ1v) is 4.86. The van der Waals surface area contributed by atoms with Gasteiger partial charge < -0.3 is 15.0 Å². The second kappa shape index (κ2) is 4.44. The van der Waals surface area contributed by atoms with Gasteiger partial charge in [0, 0.05) is 19.2 Å². The summed E-state index contributed by atoms with van der Waals surface area (Å²) >= 11 is 0. The molecule has 0 spiro atoms. The molecule has 5 nitrogen and oxygen atoms in total. The zero-order chi connectivity index (χ0) is 11.5. The van der Waals surface area contributed by atoms with Crippen molar-refractivity contribution in [1.82, 2.24) is 14.9 Å². The van der Waals surface area contributed by atoms with Crippen LogP contribution in [0, 0.1) is 0 Å². The molecule has 0 atom stereocenters. The molecule has 5 heteroatoms. The van der Waals surface area contributed by atoms with Crippen molar-refractivity contribution in [2.75, 3.05) is 6.61 Å². The van der Waals surface area contributed by atoms with Crippen LogP contribution >= 0.6 is 0 Å². The average Bonchev–Trinajstić information content (AvgIpc) is 2.50. The number of nitrogens with one attached hydrogen (secondary N) is 1. The van der Waals surface area contributed by atoms with E-state index in [-0.39, 0.29) is 12.5 Å². The Labute approximate surface area is 89.1 Å². The minimum absolute atomic E-state index is 0.0542. The molecule has 0 saturated heterocycles. The van der Waals surface area contributed by atoms with Gasteiger partial charge in [-0.25, -0.2) is 4.98 Å². The molecule has 0 aliphatic heterocycles. The lowest BCUT2D eigenvalue weighted by molar-refractivity contribution is 0.0891. The Kier molecular flexibility index (Phi) is 3.47. The van der Waals surface area contributed by atoms with Crippen molar-refractivity contribution >= 4 is 5.91 Å². The maximum atomic E-state index is 11.8. The van der Waals surface area contributed by atoms with E-state index in [0.29, 0.717) is 12.1 Å². The lowest BCUT2D eigenvalue weighted by Gasteiger charge is -2.25. The maximum absolute atomic E-state index is 11.8. The second-order valence-corrected chi connectivity index (χ2v) is 4.20. The lowest BCUT2D eigenvalue weighted by Crippen LogP contribution is -2.44. The number of nitrogens with zero attached hydrogens (tertiary/aromatic N) is 2. The molecule has 1 aromatic rings.